The van der Waals surface area contributed by atoms with Gasteiger partial charge in [-0.25, -0.2) is 0 Å². The minimum atomic E-state index is -0.408. The maximum atomic E-state index is 9.70. The van der Waals surface area contributed by atoms with Gasteiger partial charge >= 0.3 is 0 Å². The Morgan fingerprint density at radius 2 is 1.74 bits per heavy atom. The van der Waals surface area contributed by atoms with Crippen molar-refractivity contribution in [1.29, 1.82) is 0 Å². The third-order valence-corrected chi connectivity index (χ3v) is 4.21. The molecule has 0 bridgehead atoms. The summed E-state index contributed by atoms with van der Waals surface area (Å²) in [5.41, 5.74) is 1.27. The van der Waals surface area contributed by atoms with Crippen molar-refractivity contribution in [2.75, 3.05) is 44.2 Å². The average Bonchev–Trinajstić information content (AvgIpc) is 2.41. The first-order valence-corrected chi connectivity index (χ1v) is 7.78. The van der Waals surface area contributed by atoms with Crippen molar-refractivity contribution in [2.45, 2.75) is 12.5 Å². The average molecular weight is 376 g/mol. The smallest absolute Gasteiger partial charge is 0.0689 e. The normalized spacial score (nSPS) is 18.6. The predicted molar refractivity (Wildman–Crippen MR) is 85.5 cm³/mol. The van der Waals surface area contributed by atoms with Crippen molar-refractivity contribution in [3.8, 4) is 0 Å². The second kappa shape index (κ2) is 7.42. The molecule has 0 spiro atoms. The number of halogens is 1. The van der Waals surface area contributed by atoms with Crippen LogP contribution in [0.4, 0.5) is 5.69 Å². The molecule has 0 amide bonds. The lowest BCUT2D eigenvalue weighted by atomic mass is 10.2. The molecule has 0 unspecified atom stereocenters. The molecule has 2 N–H and O–H groups in total. The van der Waals surface area contributed by atoms with E-state index in [1.807, 2.05) is 0 Å². The fourth-order valence-corrected chi connectivity index (χ4v) is 2.74. The Bertz CT molecular complexity index is 378. The molecule has 0 radical (unpaired) electrons. The lowest BCUT2D eigenvalue weighted by Crippen LogP contribution is -2.48. The molecule has 0 saturated carbocycles. The third-order valence-electron chi connectivity index (χ3n) is 3.50. The van der Waals surface area contributed by atoms with Crippen molar-refractivity contribution in [2.24, 2.45) is 0 Å². The van der Waals surface area contributed by atoms with Gasteiger partial charge in [-0.05, 0) is 53.3 Å². The van der Waals surface area contributed by atoms with E-state index in [2.05, 4.69) is 56.7 Å². The molecule has 1 heterocycles. The van der Waals surface area contributed by atoms with Crippen LogP contribution >= 0.6 is 22.6 Å². The highest BCUT2D eigenvalue weighted by Gasteiger charge is 2.19. The van der Waals surface area contributed by atoms with Crippen molar-refractivity contribution < 1.29 is 10.2 Å². The van der Waals surface area contributed by atoms with E-state index in [4.69, 9.17) is 5.11 Å². The summed E-state index contributed by atoms with van der Waals surface area (Å²) in [6, 6.07) is 8.59. The monoisotopic (exact) mass is 376 g/mol. The lowest BCUT2D eigenvalue weighted by Gasteiger charge is -2.36. The van der Waals surface area contributed by atoms with E-state index in [-0.39, 0.29) is 6.61 Å². The van der Waals surface area contributed by atoms with E-state index >= 15 is 0 Å². The summed E-state index contributed by atoms with van der Waals surface area (Å²) in [5.74, 6) is 0. The molecular weight excluding hydrogens is 355 g/mol. The Hall–Kier alpha value is -0.370. The van der Waals surface area contributed by atoms with Gasteiger partial charge in [-0.3, -0.25) is 4.90 Å². The number of piperazine rings is 1. The molecule has 1 aromatic carbocycles. The highest BCUT2D eigenvalue weighted by Crippen LogP contribution is 2.18. The van der Waals surface area contributed by atoms with Gasteiger partial charge in [-0.1, -0.05) is 0 Å². The number of anilines is 1. The Morgan fingerprint density at radius 1 is 1.11 bits per heavy atom. The van der Waals surface area contributed by atoms with Crippen LogP contribution in [0.5, 0.6) is 0 Å². The van der Waals surface area contributed by atoms with E-state index in [9.17, 15) is 5.11 Å². The molecule has 106 valence electrons. The fourth-order valence-electron chi connectivity index (χ4n) is 2.38. The lowest BCUT2D eigenvalue weighted by molar-refractivity contribution is 0.0851. The number of nitrogens with zero attached hydrogens (tertiary/aromatic N) is 2. The van der Waals surface area contributed by atoms with Crippen molar-refractivity contribution in [3.05, 3.63) is 27.8 Å². The fraction of sp³-hybridized carbons (Fsp3) is 0.571. The number of aliphatic hydroxyl groups excluding tert-OH is 2. The van der Waals surface area contributed by atoms with Gasteiger partial charge < -0.3 is 15.1 Å². The molecule has 4 nitrogen and oxygen atoms in total. The standard InChI is InChI=1S/C14H21IN2O2/c15-12-1-3-13(4-2-12)17-8-6-16(7-9-17)11-14(19)5-10-18/h1-4,14,18-19H,5-11H2/t14-/m1/s1. The quantitative estimate of drug-likeness (QED) is 0.758. The van der Waals surface area contributed by atoms with Gasteiger partial charge in [-0.15, -0.1) is 0 Å². The van der Waals surface area contributed by atoms with Crippen LogP contribution in [0.3, 0.4) is 0 Å². The van der Waals surface area contributed by atoms with Crippen LogP contribution in [0.25, 0.3) is 0 Å². The largest absolute Gasteiger partial charge is 0.396 e. The van der Waals surface area contributed by atoms with Crippen molar-refractivity contribution in [3.63, 3.8) is 0 Å². The van der Waals surface area contributed by atoms with Crippen LogP contribution in [0.15, 0.2) is 24.3 Å². The van der Waals surface area contributed by atoms with Crippen LogP contribution in [0.1, 0.15) is 6.42 Å². The van der Waals surface area contributed by atoms with Gasteiger partial charge in [0.25, 0.3) is 0 Å². The second-order valence-corrected chi connectivity index (χ2v) is 6.18. The van der Waals surface area contributed by atoms with Crippen LogP contribution in [-0.4, -0.2) is 60.5 Å². The summed E-state index contributed by atoms with van der Waals surface area (Å²) in [7, 11) is 0. The molecule has 2 rings (SSSR count). The Labute approximate surface area is 128 Å². The number of hydrogen-bond donors (Lipinski definition) is 2. The summed E-state index contributed by atoms with van der Waals surface area (Å²) in [5, 5.41) is 18.5. The molecule has 1 aliphatic heterocycles. The first kappa shape index (κ1) is 15.0. The van der Waals surface area contributed by atoms with Crippen molar-refractivity contribution in [1.82, 2.24) is 4.90 Å². The zero-order valence-corrected chi connectivity index (χ0v) is 13.2. The Morgan fingerprint density at radius 3 is 2.32 bits per heavy atom. The second-order valence-electron chi connectivity index (χ2n) is 4.93. The minimum absolute atomic E-state index is 0.0593. The van der Waals surface area contributed by atoms with Crippen molar-refractivity contribution >= 4 is 28.3 Å². The topological polar surface area (TPSA) is 46.9 Å². The first-order chi connectivity index (χ1) is 9.19. The maximum Gasteiger partial charge on any atom is 0.0689 e. The third kappa shape index (κ3) is 4.59. The SMILES string of the molecule is OCC[C@@H](O)CN1CCN(c2ccc(I)cc2)CC1. The molecule has 0 aromatic heterocycles. The number of benzene rings is 1. The zero-order chi connectivity index (χ0) is 13.7. The van der Waals surface area contributed by atoms with E-state index in [1.54, 1.807) is 0 Å². The minimum Gasteiger partial charge on any atom is -0.396 e. The van der Waals surface area contributed by atoms with Gasteiger partial charge in [0.1, 0.15) is 0 Å². The van der Waals surface area contributed by atoms with E-state index in [0.717, 1.165) is 26.2 Å². The molecule has 0 aliphatic carbocycles. The molecule has 1 fully saturated rings. The van der Waals surface area contributed by atoms with Crippen LogP contribution in [0.2, 0.25) is 0 Å². The molecule has 5 heteroatoms. The first-order valence-electron chi connectivity index (χ1n) is 6.71. The summed E-state index contributed by atoms with van der Waals surface area (Å²) >= 11 is 2.32. The molecule has 1 aliphatic rings. The Balaban J connectivity index is 1.80. The maximum absolute atomic E-state index is 9.70. The van der Waals surface area contributed by atoms with E-state index < -0.39 is 6.10 Å². The van der Waals surface area contributed by atoms with Crippen LogP contribution in [0, 0.1) is 3.57 Å². The molecule has 1 saturated heterocycles. The molecule has 1 atom stereocenters. The Kier molecular flexibility index (Phi) is 5.87. The molecule has 19 heavy (non-hydrogen) atoms. The number of rotatable bonds is 5. The summed E-state index contributed by atoms with van der Waals surface area (Å²) in [6.07, 6.45) is 0.0620. The van der Waals surface area contributed by atoms with Gasteiger partial charge in [0.15, 0.2) is 0 Å². The van der Waals surface area contributed by atoms with Gasteiger partial charge in [0.05, 0.1) is 6.10 Å². The number of aliphatic hydroxyl groups is 2. The van der Waals surface area contributed by atoms with Crippen LogP contribution < -0.4 is 4.90 Å². The van der Waals surface area contributed by atoms with Gasteiger partial charge in [0, 0.05) is 48.6 Å². The highest BCUT2D eigenvalue weighted by atomic mass is 127. The van der Waals surface area contributed by atoms with E-state index in [1.165, 1.54) is 9.26 Å². The summed E-state index contributed by atoms with van der Waals surface area (Å²) in [6.45, 7) is 4.65. The van der Waals surface area contributed by atoms with Gasteiger partial charge in [-0.2, -0.15) is 0 Å². The predicted octanol–water partition coefficient (Wildman–Crippen LogP) is 1.16. The number of β-amino-alcohol motifs (C(OH)–C–C–N with tert-alkyl or cyclic N) is 1. The van der Waals surface area contributed by atoms with E-state index in [0.29, 0.717) is 13.0 Å². The summed E-state index contributed by atoms with van der Waals surface area (Å²) < 4.78 is 1.26. The molecule has 1 aromatic rings. The van der Waals surface area contributed by atoms with Gasteiger partial charge in [0.2, 0.25) is 0 Å². The highest BCUT2D eigenvalue weighted by molar-refractivity contribution is 14.1. The zero-order valence-electron chi connectivity index (χ0n) is 11.0. The summed E-state index contributed by atoms with van der Waals surface area (Å²) in [4.78, 5) is 4.65. The molecular formula is C14H21IN2O2. The number of hydrogen-bond acceptors (Lipinski definition) is 4. The van der Waals surface area contributed by atoms with Crippen LogP contribution in [-0.2, 0) is 0 Å².